The van der Waals surface area contributed by atoms with Crippen molar-refractivity contribution in [3.63, 3.8) is 0 Å². The Kier molecular flexibility index (Phi) is 5.63. The van der Waals surface area contributed by atoms with Crippen molar-refractivity contribution < 1.29 is 14.3 Å². The van der Waals surface area contributed by atoms with E-state index in [-0.39, 0.29) is 13.0 Å². The molecule has 114 valence electrons. The Morgan fingerprint density at radius 1 is 1.50 bits per heavy atom. The van der Waals surface area contributed by atoms with E-state index in [0.29, 0.717) is 12.1 Å². The molecule has 0 saturated heterocycles. The second-order valence-electron chi connectivity index (χ2n) is 4.64. The summed E-state index contributed by atoms with van der Waals surface area (Å²) >= 11 is 0. The molecule has 22 heavy (non-hydrogen) atoms. The Labute approximate surface area is 128 Å². The summed E-state index contributed by atoms with van der Waals surface area (Å²) in [6.45, 7) is 0.612. The van der Waals surface area contributed by atoms with E-state index < -0.39 is 12.1 Å². The van der Waals surface area contributed by atoms with Gasteiger partial charge in [0.2, 0.25) is 0 Å². The molecule has 1 heterocycles. The van der Waals surface area contributed by atoms with Crippen molar-refractivity contribution in [1.82, 2.24) is 14.8 Å². The predicted molar refractivity (Wildman–Crippen MR) is 76.9 cm³/mol. The van der Waals surface area contributed by atoms with Crippen LogP contribution in [0.15, 0.2) is 36.9 Å². The summed E-state index contributed by atoms with van der Waals surface area (Å²) < 4.78 is 12.1. The molecule has 7 heteroatoms. The van der Waals surface area contributed by atoms with Crippen LogP contribution in [0.4, 0.5) is 0 Å². The molecule has 0 aliphatic heterocycles. The van der Waals surface area contributed by atoms with Crippen molar-refractivity contribution in [2.75, 3.05) is 13.7 Å². The lowest BCUT2D eigenvalue weighted by molar-refractivity contribution is -0.000872. The SMILES string of the molecule is COCC(Cn1cncn1)OC(=O)c1cccc(CC#N)c1. The highest BCUT2D eigenvalue weighted by atomic mass is 16.6. The Hall–Kier alpha value is -2.72. The van der Waals surface area contributed by atoms with Gasteiger partial charge in [0.05, 0.1) is 31.2 Å². The standard InChI is InChI=1S/C15H16N4O3/c1-21-9-14(8-19-11-17-10-18-19)22-15(20)13-4-2-3-12(7-13)5-6-16/h2-4,7,10-11,14H,5,8-9H2,1H3. The van der Waals surface area contributed by atoms with E-state index in [1.54, 1.807) is 35.3 Å². The molecule has 2 aromatic rings. The number of aromatic nitrogens is 3. The summed E-state index contributed by atoms with van der Waals surface area (Å²) in [6, 6.07) is 8.89. The maximum atomic E-state index is 12.2. The van der Waals surface area contributed by atoms with Gasteiger partial charge in [-0.15, -0.1) is 0 Å². The van der Waals surface area contributed by atoms with Crippen molar-refractivity contribution in [2.45, 2.75) is 19.1 Å². The van der Waals surface area contributed by atoms with Gasteiger partial charge in [-0.3, -0.25) is 0 Å². The molecule has 0 aliphatic carbocycles. The molecule has 1 atom stereocenters. The third-order valence-electron chi connectivity index (χ3n) is 2.93. The first-order valence-electron chi connectivity index (χ1n) is 6.71. The molecule has 7 nitrogen and oxygen atoms in total. The summed E-state index contributed by atoms with van der Waals surface area (Å²) in [5, 5.41) is 12.7. The van der Waals surface area contributed by atoms with Crippen molar-refractivity contribution in [1.29, 1.82) is 5.26 Å². The van der Waals surface area contributed by atoms with E-state index in [1.807, 2.05) is 0 Å². The second kappa shape index (κ2) is 7.90. The monoisotopic (exact) mass is 300 g/mol. The summed E-state index contributed by atoms with van der Waals surface area (Å²) in [5.74, 6) is -0.457. The van der Waals surface area contributed by atoms with Gasteiger partial charge in [0.1, 0.15) is 18.8 Å². The van der Waals surface area contributed by atoms with Crippen molar-refractivity contribution in [2.24, 2.45) is 0 Å². The molecular weight excluding hydrogens is 284 g/mol. The first kappa shape index (κ1) is 15.7. The van der Waals surface area contributed by atoms with E-state index in [0.717, 1.165) is 5.56 Å². The van der Waals surface area contributed by atoms with Gasteiger partial charge in [0.25, 0.3) is 0 Å². The van der Waals surface area contributed by atoms with Crippen LogP contribution in [0.1, 0.15) is 15.9 Å². The zero-order valence-electron chi connectivity index (χ0n) is 12.2. The van der Waals surface area contributed by atoms with Crippen molar-refractivity contribution >= 4 is 5.97 Å². The van der Waals surface area contributed by atoms with Crippen LogP contribution < -0.4 is 0 Å². The average molecular weight is 300 g/mol. The van der Waals surface area contributed by atoms with Crippen LogP contribution in [0.3, 0.4) is 0 Å². The minimum absolute atomic E-state index is 0.252. The Balaban J connectivity index is 2.04. The van der Waals surface area contributed by atoms with Gasteiger partial charge < -0.3 is 9.47 Å². The van der Waals surface area contributed by atoms with Crippen LogP contribution in [-0.2, 0) is 22.4 Å². The summed E-state index contributed by atoms with van der Waals surface area (Å²) in [6.07, 6.45) is 2.74. The number of carbonyl (C=O) groups is 1. The van der Waals surface area contributed by atoms with Gasteiger partial charge in [-0.25, -0.2) is 14.5 Å². The van der Waals surface area contributed by atoms with E-state index >= 15 is 0 Å². The molecule has 0 aliphatic rings. The Morgan fingerprint density at radius 3 is 3.05 bits per heavy atom. The van der Waals surface area contributed by atoms with Crippen molar-refractivity contribution in [3.8, 4) is 6.07 Å². The quantitative estimate of drug-likeness (QED) is 0.714. The minimum atomic E-state index is -0.473. The van der Waals surface area contributed by atoms with Crippen LogP contribution in [0.25, 0.3) is 0 Å². The lowest BCUT2D eigenvalue weighted by Gasteiger charge is -2.17. The summed E-state index contributed by atoms with van der Waals surface area (Å²) in [4.78, 5) is 16.1. The molecule has 0 radical (unpaired) electrons. The van der Waals surface area contributed by atoms with Crippen LogP contribution in [0.2, 0.25) is 0 Å². The first-order chi connectivity index (χ1) is 10.7. The van der Waals surface area contributed by atoms with Crippen LogP contribution in [0, 0.1) is 11.3 Å². The number of nitrogens with zero attached hydrogens (tertiary/aromatic N) is 4. The molecule has 0 saturated carbocycles. The molecule has 0 bridgehead atoms. The maximum absolute atomic E-state index is 12.2. The highest BCUT2D eigenvalue weighted by Gasteiger charge is 2.17. The van der Waals surface area contributed by atoms with E-state index in [4.69, 9.17) is 14.7 Å². The van der Waals surface area contributed by atoms with Crippen LogP contribution in [-0.4, -0.2) is 40.6 Å². The predicted octanol–water partition coefficient (Wildman–Crippen LogP) is 1.22. The smallest absolute Gasteiger partial charge is 0.338 e. The molecule has 0 amide bonds. The third-order valence-corrected chi connectivity index (χ3v) is 2.93. The van der Waals surface area contributed by atoms with E-state index in [1.165, 1.54) is 13.4 Å². The fourth-order valence-electron chi connectivity index (χ4n) is 1.96. The van der Waals surface area contributed by atoms with Gasteiger partial charge in [0, 0.05) is 7.11 Å². The second-order valence-corrected chi connectivity index (χ2v) is 4.64. The van der Waals surface area contributed by atoms with Gasteiger partial charge >= 0.3 is 5.97 Å². The topological polar surface area (TPSA) is 90.0 Å². The molecule has 1 aromatic heterocycles. The minimum Gasteiger partial charge on any atom is -0.454 e. The molecular formula is C15H16N4O3. The Morgan fingerprint density at radius 2 is 2.36 bits per heavy atom. The van der Waals surface area contributed by atoms with E-state index in [9.17, 15) is 4.79 Å². The van der Waals surface area contributed by atoms with Crippen LogP contribution >= 0.6 is 0 Å². The number of ether oxygens (including phenoxy) is 2. The van der Waals surface area contributed by atoms with Gasteiger partial charge in [-0.2, -0.15) is 10.4 Å². The van der Waals surface area contributed by atoms with Crippen LogP contribution in [0.5, 0.6) is 0 Å². The lowest BCUT2D eigenvalue weighted by atomic mass is 10.1. The molecule has 1 aromatic carbocycles. The maximum Gasteiger partial charge on any atom is 0.338 e. The Bertz CT molecular complexity index is 649. The van der Waals surface area contributed by atoms with Gasteiger partial charge in [-0.05, 0) is 17.7 Å². The fourth-order valence-corrected chi connectivity index (χ4v) is 1.96. The van der Waals surface area contributed by atoms with Gasteiger partial charge in [0.15, 0.2) is 0 Å². The summed E-state index contributed by atoms with van der Waals surface area (Å²) in [5.41, 5.74) is 1.18. The molecule has 0 fully saturated rings. The van der Waals surface area contributed by atoms with Crippen molar-refractivity contribution in [3.05, 3.63) is 48.0 Å². The highest BCUT2D eigenvalue weighted by molar-refractivity contribution is 5.89. The fraction of sp³-hybridized carbons (Fsp3) is 0.333. The number of hydrogen-bond donors (Lipinski definition) is 0. The zero-order valence-corrected chi connectivity index (χ0v) is 12.2. The summed E-state index contributed by atoms with van der Waals surface area (Å²) in [7, 11) is 1.54. The number of hydrogen-bond acceptors (Lipinski definition) is 6. The average Bonchev–Trinajstić information content (AvgIpc) is 3.01. The number of benzene rings is 1. The largest absolute Gasteiger partial charge is 0.454 e. The zero-order chi connectivity index (χ0) is 15.8. The molecule has 0 spiro atoms. The number of nitriles is 1. The molecule has 1 unspecified atom stereocenters. The van der Waals surface area contributed by atoms with Gasteiger partial charge in [-0.1, -0.05) is 12.1 Å². The third kappa shape index (κ3) is 4.40. The lowest BCUT2D eigenvalue weighted by Crippen LogP contribution is -2.28. The highest BCUT2D eigenvalue weighted by Crippen LogP contribution is 2.10. The number of carbonyl (C=O) groups excluding carboxylic acids is 1. The van der Waals surface area contributed by atoms with E-state index in [2.05, 4.69) is 16.2 Å². The first-order valence-corrected chi connectivity index (χ1v) is 6.71. The number of methoxy groups -OCH3 is 1. The normalized spacial score (nSPS) is 11.6. The molecule has 0 N–H and O–H groups in total. The number of esters is 1. The number of rotatable bonds is 7. The molecule has 2 rings (SSSR count).